The number of hydrogen-bond donors (Lipinski definition) is 2. The number of rotatable bonds is 6. The van der Waals surface area contributed by atoms with E-state index in [-0.39, 0.29) is 24.8 Å². The van der Waals surface area contributed by atoms with E-state index in [9.17, 15) is 9.59 Å². The lowest BCUT2D eigenvalue weighted by Crippen LogP contribution is -2.43. The van der Waals surface area contributed by atoms with Gasteiger partial charge in [0.2, 0.25) is 5.91 Å². The van der Waals surface area contributed by atoms with Crippen molar-refractivity contribution in [2.24, 2.45) is 0 Å². The molecule has 2 heterocycles. The minimum absolute atomic E-state index is 0.0576. The molecule has 2 N–H and O–H groups in total. The summed E-state index contributed by atoms with van der Waals surface area (Å²) < 4.78 is 3.49. The van der Waals surface area contributed by atoms with Crippen LogP contribution in [-0.2, 0) is 22.6 Å². The first-order valence-electron chi connectivity index (χ1n) is 9.54. The smallest absolute Gasteiger partial charge is 0.260 e. The van der Waals surface area contributed by atoms with E-state index in [0.717, 1.165) is 34.0 Å². The van der Waals surface area contributed by atoms with Gasteiger partial charge in [0.25, 0.3) is 5.91 Å². The Kier molecular flexibility index (Phi) is 6.11. The second-order valence-electron chi connectivity index (χ2n) is 7.08. The van der Waals surface area contributed by atoms with Crippen molar-refractivity contribution >= 4 is 11.8 Å². The summed E-state index contributed by atoms with van der Waals surface area (Å²) in [6.45, 7) is 7.74. The second-order valence-corrected chi connectivity index (χ2v) is 7.08. The van der Waals surface area contributed by atoms with Gasteiger partial charge in [-0.2, -0.15) is 10.2 Å². The second kappa shape index (κ2) is 8.72. The van der Waals surface area contributed by atoms with Gasteiger partial charge >= 0.3 is 0 Å². The Hall–Kier alpha value is -3.42. The Bertz CT molecular complexity index is 1020. The van der Waals surface area contributed by atoms with Gasteiger partial charge in [-0.15, -0.1) is 0 Å². The summed E-state index contributed by atoms with van der Waals surface area (Å²) in [6.07, 6.45) is 0.798. The van der Waals surface area contributed by atoms with E-state index in [1.165, 1.54) is 0 Å². The minimum atomic E-state index is -0.325. The van der Waals surface area contributed by atoms with Crippen molar-refractivity contribution in [3.05, 3.63) is 64.7 Å². The summed E-state index contributed by atoms with van der Waals surface area (Å²) in [5.74, 6) is -0.577. The fourth-order valence-electron chi connectivity index (χ4n) is 3.31. The number of hydrogen-bond acceptors (Lipinski definition) is 4. The highest BCUT2D eigenvalue weighted by Gasteiger charge is 2.14. The molecule has 2 amide bonds. The number of nitrogens with zero attached hydrogens (tertiary/aromatic N) is 4. The summed E-state index contributed by atoms with van der Waals surface area (Å²) in [6, 6.07) is 11.8. The third-order valence-electron chi connectivity index (χ3n) is 4.78. The topological polar surface area (TPSA) is 93.8 Å². The molecular formula is C21H26N6O2. The zero-order chi connectivity index (χ0) is 21.0. The predicted octanol–water partition coefficient (Wildman–Crippen LogP) is 2.08. The van der Waals surface area contributed by atoms with Crippen LogP contribution in [0.4, 0.5) is 0 Å². The summed E-state index contributed by atoms with van der Waals surface area (Å²) in [7, 11) is 0. The van der Waals surface area contributed by atoms with E-state index in [2.05, 4.69) is 21.0 Å². The van der Waals surface area contributed by atoms with Crippen molar-refractivity contribution in [3.8, 4) is 5.69 Å². The van der Waals surface area contributed by atoms with Crippen LogP contribution in [0.2, 0.25) is 0 Å². The molecule has 8 heteroatoms. The first-order chi connectivity index (χ1) is 13.8. The molecule has 0 spiro atoms. The van der Waals surface area contributed by atoms with Crippen LogP contribution >= 0.6 is 0 Å². The van der Waals surface area contributed by atoms with Gasteiger partial charge < -0.3 is 0 Å². The summed E-state index contributed by atoms with van der Waals surface area (Å²) in [5, 5.41) is 8.83. The molecule has 3 rings (SSSR count). The molecule has 0 aliphatic heterocycles. The average Bonchev–Trinajstić information content (AvgIpc) is 3.16. The molecule has 29 heavy (non-hydrogen) atoms. The van der Waals surface area contributed by atoms with E-state index in [4.69, 9.17) is 0 Å². The number of aromatic nitrogens is 4. The number of hydrazine groups is 1. The Morgan fingerprint density at radius 2 is 1.66 bits per heavy atom. The molecule has 2 aromatic heterocycles. The molecule has 0 aliphatic carbocycles. The highest BCUT2D eigenvalue weighted by molar-refractivity contribution is 5.82. The Morgan fingerprint density at radius 3 is 2.31 bits per heavy atom. The molecule has 0 unspecified atom stereocenters. The van der Waals surface area contributed by atoms with Gasteiger partial charge in [0.1, 0.15) is 6.54 Å². The van der Waals surface area contributed by atoms with E-state index in [1.54, 1.807) is 4.68 Å². The van der Waals surface area contributed by atoms with Crippen LogP contribution in [0.3, 0.4) is 0 Å². The number of carbonyl (C=O) groups is 2. The van der Waals surface area contributed by atoms with Gasteiger partial charge in [-0.05, 0) is 57.9 Å². The monoisotopic (exact) mass is 394 g/mol. The third kappa shape index (κ3) is 4.90. The van der Waals surface area contributed by atoms with Gasteiger partial charge in [0.05, 0.1) is 17.1 Å². The van der Waals surface area contributed by atoms with Crippen molar-refractivity contribution in [1.29, 1.82) is 0 Å². The molecule has 0 radical (unpaired) electrons. The van der Waals surface area contributed by atoms with Crippen LogP contribution < -0.4 is 10.9 Å². The largest absolute Gasteiger partial charge is 0.273 e. The van der Waals surface area contributed by atoms with Gasteiger partial charge in [-0.1, -0.05) is 18.2 Å². The molecule has 0 aliphatic rings. The molecule has 3 aromatic rings. The van der Waals surface area contributed by atoms with Crippen molar-refractivity contribution in [2.75, 3.05) is 0 Å². The highest BCUT2D eigenvalue weighted by Crippen LogP contribution is 2.19. The molecule has 152 valence electrons. The quantitative estimate of drug-likeness (QED) is 0.626. The third-order valence-corrected chi connectivity index (χ3v) is 4.78. The highest BCUT2D eigenvalue weighted by atomic mass is 16.2. The van der Waals surface area contributed by atoms with Gasteiger partial charge in [0, 0.05) is 17.8 Å². The lowest BCUT2D eigenvalue weighted by Gasteiger charge is -2.09. The van der Waals surface area contributed by atoms with Gasteiger partial charge in [-0.3, -0.25) is 25.1 Å². The van der Waals surface area contributed by atoms with Crippen LogP contribution in [0.1, 0.15) is 34.8 Å². The van der Waals surface area contributed by atoms with Crippen LogP contribution in [0, 0.1) is 27.7 Å². The molecule has 1 aromatic carbocycles. The normalized spacial score (nSPS) is 10.8. The zero-order valence-corrected chi connectivity index (χ0v) is 17.2. The lowest BCUT2D eigenvalue weighted by molar-refractivity contribution is -0.129. The number of amides is 2. The molecule has 0 fully saturated rings. The number of carbonyl (C=O) groups excluding carboxylic acids is 2. The minimum Gasteiger partial charge on any atom is -0.273 e. The Morgan fingerprint density at radius 1 is 0.966 bits per heavy atom. The van der Waals surface area contributed by atoms with E-state index >= 15 is 0 Å². The van der Waals surface area contributed by atoms with Gasteiger partial charge in [0.15, 0.2) is 0 Å². The standard InChI is InChI=1S/C21H26N6O2/c1-14-12-15(2)26(24-14)13-21(29)23-22-20(28)11-10-19-16(3)25-27(17(19)4)18-8-6-5-7-9-18/h5-9,12H,10-11,13H2,1-4H3,(H,22,28)(H,23,29). The van der Waals surface area contributed by atoms with Crippen molar-refractivity contribution in [1.82, 2.24) is 30.4 Å². The fraction of sp³-hybridized carbons (Fsp3) is 0.333. The first-order valence-corrected chi connectivity index (χ1v) is 9.54. The lowest BCUT2D eigenvalue weighted by atomic mass is 10.1. The van der Waals surface area contributed by atoms with Crippen molar-refractivity contribution < 1.29 is 9.59 Å². The molecule has 0 atom stereocenters. The average molecular weight is 394 g/mol. The van der Waals surface area contributed by atoms with E-state index in [0.29, 0.717) is 6.42 Å². The van der Waals surface area contributed by atoms with E-state index in [1.807, 2.05) is 68.8 Å². The van der Waals surface area contributed by atoms with Crippen LogP contribution in [0.15, 0.2) is 36.4 Å². The molecule has 8 nitrogen and oxygen atoms in total. The Labute approximate surface area is 169 Å². The van der Waals surface area contributed by atoms with E-state index < -0.39 is 0 Å². The fourth-order valence-corrected chi connectivity index (χ4v) is 3.31. The number of aryl methyl sites for hydroxylation is 3. The number of benzene rings is 1. The maximum Gasteiger partial charge on any atom is 0.260 e. The molecular weight excluding hydrogens is 368 g/mol. The van der Waals surface area contributed by atoms with Crippen LogP contribution in [0.25, 0.3) is 5.69 Å². The van der Waals surface area contributed by atoms with Crippen LogP contribution in [-0.4, -0.2) is 31.4 Å². The maximum absolute atomic E-state index is 12.2. The summed E-state index contributed by atoms with van der Waals surface area (Å²) in [4.78, 5) is 24.2. The molecule has 0 saturated carbocycles. The summed E-state index contributed by atoms with van der Waals surface area (Å²) in [5.41, 5.74) is 10.6. The SMILES string of the molecule is Cc1cc(C)n(CC(=O)NNC(=O)CCc2c(C)nn(-c3ccccc3)c2C)n1. The van der Waals surface area contributed by atoms with Gasteiger partial charge in [-0.25, -0.2) is 4.68 Å². The predicted molar refractivity (Wildman–Crippen MR) is 109 cm³/mol. The maximum atomic E-state index is 12.2. The first kappa shape index (κ1) is 20.3. The summed E-state index contributed by atoms with van der Waals surface area (Å²) >= 11 is 0. The molecule has 0 bridgehead atoms. The Balaban J connectivity index is 1.52. The van der Waals surface area contributed by atoms with Crippen molar-refractivity contribution in [3.63, 3.8) is 0 Å². The molecule has 0 saturated heterocycles. The number of nitrogens with one attached hydrogen (secondary N) is 2. The number of para-hydroxylation sites is 1. The zero-order valence-electron chi connectivity index (χ0n) is 17.2. The van der Waals surface area contributed by atoms with Crippen molar-refractivity contribution in [2.45, 2.75) is 47.1 Å². The van der Waals surface area contributed by atoms with Crippen LogP contribution in [0.5, 0.6) is 0 Å².